The monoisotopic (exact) mass is 369 g/mol. The predicted octanol–water partition coefficient (Wildman–Crippen LogP) is 2.45. The molecular formula is C19H20FN5O2. The second-order valence-corrected chi connectivity index (χ2v) is 5.91. The van der Waals surface area contributed by atoms with Gasteiger partial charge in [0.05, 0.1) is 17.8 Å². The number of halogens is 1. The predicted molar refractivity (Wildman–Crippen MR) is 97.3 cm³/mol. The number of carbonyl (C=O) groups is 1. The van der Waals surface area contributed by atoms with Crippen molar-refractivity contribution >= 4 is 5.91 Å². The molecule has 0 aliphatic heterocycles. The first kappa shape index (κ1) is 18.7. The number of nitrogens with zero attached hydrogens (tertiary/aromatic N) is 4. The lowest BCUT2D eigenvalue weighted by atomic mass is 10.1. The molecule has 1 aromatic carbocycles. The summed E-state index contributed by atoms with van der Waals surface area (Å²) in [7, 11) is 1.65. The number of amides is 1. The molecule has 0 fully saturated rings. The van der Waals surface area contributed by atoms with Gasteiger partial charge in [-0.25, -0.2) is 4.39 Å². The normalized spacial score (nSPS) is 10.7. The van der Waals surface area contributed by atoms with Crippen molar-refractivity contribution < 1.29 is 13.9 Å². The SMILES string of the molecule is COCCCn1cnnc1CNC(=O)c1ccc(-c2cccc(F)c2)nc1. The zero-order chi connectivity index (χ0) is 19.1. The summed E-state index contributed by atoms with van der Waals surface area (Å²) in [5.74, 6) is 0.0780. The highest BCUT2D eigenvalue weighted by molar-refractivity contribution is 5.94. The van der Waals surface area contributed by atoms with E-state index in [4.69, 9.17) is 4.74 Å². The summed E-state index contributed by atoms with van der Waals surface area (Å²) in [5.41, 5.74) is 1.68. The molecule has 2 aromatic heterocycles. The quantitative estimate of drug-likeness (QED) is 0.617. The molecule has 27 heavy (non-hydrogen) atoms. The number of carbonyl (C=O) groups excluding carboxylic acids is 1. The van der Waals surface area contributed by atoms with Gasteiger partial charge in [0.15, 0.2) is 5.82 Å². The van der Waals surface area contributed by atoms with Gasteiger partial charge in [-0.15, -0.1) is 10.2 Å². The van der Waals surface area contributed by atoms with Gasteiger partial charge in [-0.05, 0) is 30.7 Å². The molecule has 0 unspecified atom stereocenters. The highest BCUT2D eigenvalue weighted by Crippen LogP contribution is 2.17. The topological polar surface area (TPSA) is 81.9 Å². The fourth-order valence-electron chi connectivity index (χ4n) is 2.59. The molecule has 0 spiro atoms. The molecule has 0 saturated heterocycles. The van der Waals surface area contributed by atoms with E-state index in [2.05, 4.69) is 20.5 Å². The minimum absolute atomic E-state index is 0.261. The van der Waals surface area contributed by atoms with E-state index in [1.54, 1.807) is 37.7 Å². The number of aryl methyl sites for hydroxylation is 1. The molecule has 0 saturated carbocycles. The Balaban J connectivity index is 1.60. The van der Waals surface area contributed by atoms with Crippen LogP contribution in [0.25, 0.3) is 11.3 Å². The van der Waals surface area contributed by atoms with Crippen LogP contribution in [0.1, 0.15) is 22.6 Å². The molecule has 0 bridgehead atoms. The van der Waals surface area contributed by atoms with Gasteiger partial charge in [0, 0.05) is 32.0 Å². The fraction of sp³-hybridized carbons (Fsp3) is 0.263. The zero-order valence-electron chi connectivity index (χ0n) is 14.9. The average Bonchev–Trinajstić information content (AvgIpc) is 3.14. The molecule has 1 N–H and O–H groups in total. The van der Waals surface area contributed by atoms with Gasteiger partial charge in [-0.2, -0.15) is 0 Å². The summed E-state index contributed by atoms with van der Waals surface area (Å²) in [6.07, 6.45) is 3.94. The molecule has 8 heteroatoms. The lowest BCUT2D eigenvalue weighted by Gasteiger charge is -2.08. The van der Waals surface area contributed by atoms with E-state index < -0.39 is 0 Å². The summed E-state index contributed by atoms with van der Waals surface area (Å²) >= 11 is 0. The van der Waals surface area contributed by atoms with Gasteiger partial charge in [0.1, 0.15) is 12.1 Å². The maximum absolute atomic E-state index is 13.3. The van der Waals surface area contributed by atoms with Crippen LogP contribution in [-0.2, 0) is 17.8 Å². The van der Waals surface area contributed by atoms with Gasteiger partial charge in [-0.1, -0.05) is 12.1 Å². The summed E-state index contributed by atoms with van der Waals surface area (Å²) in [6.45, 7) is 1.63. The Morgan fingerprint density at radius 1 is 1.30 bits per heavy atom. The Bertz CT molecular complexity index is 895. The van der Waals surface area contributed by atoms with Gasteiger partial charge in [0.2, 0.25) is 0 Å². The number of hydrogen-bond acceptors (Lipinski definition) is 5. The number of pyridine rings is 1. The van der Waals surface area contributed by atoms with E-state index in [9.17, 15) is 9.18 Å². The van der Waals surface area contributed by atoms with Crippen molar-refractivity contribution in [1.82, 2.24) is 25.1 Å². The van der Waals surface area contributed by atoms with Crippen molar-refractivity contribution in [3.63, 3.8) is 0 Å². The van der Waals surface area contributed by atoms with Crippen molar-refractivity contribution in [2.45, 2.75) is 19.5 Å². The van der Waals surface area contributed by atoms with Crippen LogP contribution in [0.4, 0.5) is 4.39 Å². The Labute approximate surface area is 156 Å². The van der Waals surface area contributed by atoms with E-state index >= 15 is 0 Å². The molecule has 0 radical (unpaired) electrons. The highest BCUT2D eigenvalue weighted by Gasteiger charge is 2.10. The first-order valence-corrected chi connectivity index (χ1v) is 8.53. The lowest BCUT2D eigenvalue weighted by Crippen LogP contribution is -2.25. The fourth-order valence-corrected chi connectivity index (χ4v) is 2.59. The third-order valence-corrected chi connectivity index (χ3v) is 4.00. The van der Waals surface area contributed by atoms with Gasteiger partial charge < -0.3 is 14.6 Å². The number of nitrogens with one attached hydrogen (secondary N) is 1. The van der Waals surface area contributed by atoms with Crippen molar-refractivity contribution in [3.8, 4) is 11.3 Å². The van der Waals surface area contributed by atoms with E-state index in [0.717, 1.165) is 13.0 Å². The van der Waals surface area contributed by atoms with Crippen LogP contribution in [0.3, 0.4) is 0 Å². The van der Waals surface area contributed by atoms with Crippen molar-refractivity contribution in [3.05, 3.63) is 66.1 Å². The first-order chi connectivity index (χ1) is 13.2. The molecule has 2 heterocycles. The molecule has 0 aliphatic carbocycles. The van der Waals surface area contributed by atoms with Crippen LogP contribution in [0.15, 0.2) is 48.9 Å². The molecule has 3 aromatic rings. The molecule has 1 amide bonds. The average molecular weight is 369 g/mol. The van der Waals surface area contributed by atoms with Crippen LogP contribution >= 0.6 is 0 Å². The van der Waals surface area contributed by atoms with Crippen molar-refractivity contribution in [2.24, 2.45) is 0 Å². The third-order valence-electron chi connectivity index (χ3n) is 4.00. The molecule has 7 nitrogen and oxygen atoms in total. The van der Waals surface area contributed by atoms with Gasteiger partial charge >= 0.3 is 0 Å². The molecule has 0 atom stereocenters. The first-order valence-electron chi connectivity index (χ1n) is 8.53. The second-order valence-electron chi connectivity index (χ2n) is 5.91. The summed E-state index contributed by atoms with van der Waals surface area (Å²) in [4.78, 5) is 16.6. The Morgan fingerprint density at radius 3 is 2.93 bits per heavy atom. The number of aromatic nitrogens is 4. The summed E-state index contributed by atoms with van der Waals surface area (Å²) in [5, 5.41) is 10.7. The zero-order valence-corrected chi connectivity index (χ0v) is 14.9. The number of rotatable bonds is 8. The van der Waals surface area contributed by atoms with E-state index in [0.29, 0.717) is 29.3 Å². The Morgan fingerprint density at radius 2 is 2.19 bits per heavy atom. The largest absolute Gasteiger partial charge is 0.385 e. The summed E-state index contributed by atoms with van der Waals surface area (Å²) in [6, 6.07) is 9.51. The van der Waals surface area contributed by atoms with Crippen LogP contribution in [0.5, 0.6) is 0 Å². The number of hydrogen-bond donors (Lipinski definition) is 1. The van der Waals surface area contributed by atoms with E-state index in [1.807, 2.05) is 4.57 Å². The minimum Gasteiger partial charge on any atom is -0.385 e. The third kappa shape index (κ3) is 4.95. The summed E-state index contributed by atoms with van der Waals surface area (Å²) < 4.78 is 20.2. The Kier molecular flexibility index (Phi) is 6.22. The maximum atomic E-state index is 13.3. The van der Waals surface area contributed by atoms with Crippen molar-refractivity contribution in [2.75, 3.05) is 13.7 Å². The standard InChI is InChI=1S/C19H20FN5O2/c1-27-9-3-8-25-13-23-24-18(25)12-22-19(26)15-6-7-17(21-11-15)14-4-2-5-16(20)10-14/h2,4-7,10-11,13H,3,8-9,12H2,1H3,(H,22,26). The maximum Gasteiger partial charge on any atom is 0.253 e. The van der Waals surface area contributed by atoms with Crippen LogP contribution in [0, 0.1) is 5.82 Å². The smallest absolute Gasteiger partial charge is 0.253 e. The minimum atomic E-state index is -0.328. The van der Waals surface area contributed by atoms with Crippen molar-refractivity contribution in [1.29, 1.82) is 0 Å². The molecule has 140 valence electrons. The lowest BCUT2D eigenvalue weighted by molar-refractivity contribution is 0.0949. The second kappa shape index (κ2) is 9.00. The number of benzene rings is 1. The van der Waals surface area contributed by atoms with Gasteiger partial charge in [0.25, 0.3) is 5.91 Å². The van der Waals surface area contributed by atoms with Crippen LogP contribution < -0.4 is 5.32 Å². The number of ether oxygens (including phenoxy) is 1. The van der Waals surface area contributed by atoms with Gasteiger partial charge in [-0.3, -0.25) is 9.78 Å². The number of methoxy groups -OCH3 is 1. The van der Waals surface area contributed by atoms with E-state index in [1.165, 1.54) is 18.3 Å². The van der Waals surface area contributed by atoms with Crippen LogP contribution in [-0.4, -0.2) is 39.4 Å². The van der Waals surface area contributed by atoms with E-state index in [-0.39, 0.29) is 18.3 Å². The Hall–Kier alpha value is -3.13. The molecule has 3 rings (SSSR count). The van der Waals surface area contributed by atoms with Crippen LogP contribution in [0.2, 0.25) is 0 Å². The molecular weight excluding hydrogens is 349 g/mol. The molecule has 0 aliphatic rings. The highest BCUT2D eigenvalue weighted by atomic mass is 19.1.